The normalized spacial score (nSPS) is 16.0. The van der Waals surface area contributed by atoms with Crippen LogP contribution in [-0.2, 0) is 27.5 Å². The first-order chi connectivity index (χ1) is 20.0. The number of amides is 1. The molecular weight excluding hydrogens is 540 g/mol. The monoisotopic (exact) mass is 570 g/mol. The number of methoxy groups -OCH3 is 2. The molecule has 1 aromatic heterocycles. The average molecular weight is 571 g/mol. The van der Waals surface area contributed by atoms with Crippen molar-refractivity contribution in [3.05, 3.63) is 112 Å². The summed E-state index contributed by atoms with van der Waals surface area (Å²) in [4.78, 5) is 37.5. The van der Waals surface area contributed by atoms with Crippen LogP contribution < -0.4 is 14.8 Å². The Morgan fingerprint density at radius 3 is 2.51 bits per heavy atom. The van der Waals surface area contributed by atoms with Crippen LogP contribution in [0.4, 0.5) is 0 Å². The Balaban J connectivity index is 1.47. The molecule has 3 aromatic rings. The Morgan fingerprint density at radius 1 is 1.00 bits per heavy atom. The number of esters is 1. The summed E-state index contributed by atoms with van der Waals surface area (Å²) in [5, 5.41) is 5.53. The SMILES string of the molecule is COc1ccc(OC)c(C2C(C(=O)OCc3ccccc3)=C(C)N=C3SC=C(CC(=O)NCc4ccncc4)N32)c1. The highest BCUT2D eigenvalue weighted by Gasteiger charge is 2.42. The molecular formula is C31H30N4O5S. The minimum atomic E-state index is -0.662. The number of ether oxygens (including phenoxy) is 3. The predicted octanol–water partition coefficient (Wildman–Crippen LogP) is 5.12. The number of carbonyl (C=O) groups excluding carboxylic acids is 2. The summed E-state index contributed by atoms with van der Waals surface area (Å²) < 4.78 is 17.1. The number of carbonyl (C=O) groups is 2. The number of nitrogens with zero attached hydrogens (tertiary/aromatic N) is 3. The second kappa shape index (κ2) is 12.7. The lowest BCUT2D eigenvalue weighted by Gasteiger charge is -2.37. The molecule has 1 amide bonds. The lowest BCUT2D eigenvalue weighted by Crippen LogP contribution is -2.38. The van der Waals surface area contributed by atoms with E-state index >= 15 is 0 Å². The van der Waals surface area contributed by atoms with Gasteiger partial charge in [0.15, 0.2) is 5.17 Å². The maximum absolute atomic E-state index is 13.7. The van der Waals surface area contributed by atoms with Gasteiger partial charge in [0.05, 0.1) is 38.0 Å². The fourth-order valence-electron chi connectivity index (χ4n) is 4.71. The summed E-state index contributed by atoms with van der Waals surface area (Å²) in [7, 11) is 3.16. The third kappa shape index (κ3) is 6.28. The lowest BCUT2D eigenvalue weighted by atomic mass is 9.92. The van der Waals surface area contributed by atoms with Crippen LogP contribution in [-0.4, -0.2) is 41.1 Å². The molecule has 3 heterocycles. The van der Waals surface area contributed by atoms with Crippen molar-refractivity contribution in [2.24, 2.45) is 4.99 Å². The largest absolute Gasteiger partial charge is 0.497 e. The molecule has 210 valence electrons. The second-order valence-corrected chi connectivity index (χ2v) is 10.2. The fraction of sp³-hybridized carbons (Fsp3) is 0.226. The quantitative estimate of drug-likeness (QED) is 0.335. The van der Waals surface area contributed by atoms with Crippen LogP contribution in [0.5, 0.6) is 11.5 Å². The number of amidine groups is 1. The van der Waals surface area contributed by atoms with Crippen LogP contribution in [0.2, 0.25) is 0 Å². The zero-order valence-corrected chi connectivity index (χ0v) is 23.8. The predicted molar refractivity (Wildman–Crippen MR) is 157 cm³/mol. The topological polar surface area (TPSA) is 102 Å². The van der Waals surface area contributed by atoms with E-state index in [1.54, 1.807) is 45.7 Å². The van der Waals surface area contributed by atoms with E-state index in [0.29, 0.717) is 45.7 Å². The minimum absolute atomic E-state index is 0.0886. The van der Waals surface area contributed by atoms with Crippen LogP contribution in [0.15, 0.2) is 100 Å². The highest BCUT2D eigenvalue weighted by molar-refractivity contribution is 8.16. The number of benzene rings is 2. The van der Waals surface area contributed by atoms with Crippen molar-refractivity contribution in [2.75, 3.05) is 14.2 Å². The highest BCUT2D eigenvalue weighted by Crippen LogP contribution is 2.47. The van der Waals surface area contributed by atoms with E-state index in [4.69, 9.17) is 19.2 Å². The molecule has 2 aliphatic rings. The first-order valence-corrected chi connectivity index (χ1v) is 13.9. The Kier molecular flexibility index (Phi) is 8.69. The summed E-state index contributed by atoms with van der Waals surface area (Å²) >= 11 is 1.41. The van der Waals surface area contributed by atoms with Crippen LogP contribution in [0.25, 0.3) is 0 Å². The van der Waals surface area contributed by atoms with Gasteiger partial charge in [0, 0.05) is 30.2 Å². The summed E-state index contributed by atoms with van der Waals surface area (Å²) in [6, 6.07) is 18.0. The van der Waals surface area contributed by atoms with Crippen LogP contribution in [0.1, 0.15) is 36.1 Å². The molecule has 0 bridgehead atoms. The number of aromatic nitrogens is 1. The van der Waals surface area contributed by atoms with Crippen LogP contribution >= 0.6 is 11.8 Å². The third-order valence-corrected chi connectivity index (χ3v) is 7.63. The van der Waals surface area contributed by atoms with Crippen molar-refractivity contribution in [2.45, 2.75) is 32.5 Å². The number of pyridine rings is 1. The molecule has 1 N–H and O–H groups in total. The van der Waals surface area contributed by atoms with Gasteiger partial charge in [0.1, 0.15) is 18.1 Å². The van der Waals surface area contributed by atoms with Crippen molar-refractivity contribution in [3.63, 3.8) is 0 Å². The first kappa shape index (κ1) is 28.0. The van der Waals surface area contributed by atoms with E-state index in [1.807, 2.05) is 58.8 Å². The molecule has 0 aliphatic carbocycles. The molecule has 41 heavy (non-hydrogen) atoms. The fourth-order valence-corrected chi connectivity index (χ4v) is 5.67. The van der Waals surface area contributed by atoms with Gasteiger partial charge in [-0.15, -0.1) is 0 Å². The van der Waals surface area contributed by atoms with Crippen molar-refractivity contribution < 1.29 is 23.8 Å². The highest BCUT2D eigenvalue weighted by atomic mass is 32.2. The molecule has 0 radical (unpaired) electrons. The van der Waals surface area contributed by atoms with Gasteiger partial charge in [0.2, 0.25) is 5.91 Å². The van der Waals surface area contributed by atoms with Gasteiger partial charge in [-0.3, -0.25) is 9.78 Å². The molecule has 10 heteroatoms. The molecule has 0 fully saturated rings. The van der Waals surface area contributed by atoms with Gasteiger partial charge in [0.25, 0.3) is 0 Å². The van der Waals surface area contributed by atoms with Crippen molar-refractivity contribution >= 4 is 28.8 Å². The zero-order valence-electron chi connectivity index (χ0n) is 23.0. The average Bonchev–Trinajstić information content (AvgIpc) is 3.40. The number of aliphatic imine (C=N–C) groups is 1. The molecule has 0 saturated heterocycles. The van der Waals surface area contributed by atoms with Gasteiger partial charge in [-0.2, -0.15) is 0 Å². The summed E-state index contributed by atoms with van der Waals surface area (Å²) in [6.45, 7) is 2.29. The number of fused-ring (bicyclic) bond motifs is 1. The lowest BCUT2D eigenvalue weighted by molar-refractivity contribution is -0.141. The Morgan fingerprint density at radius 2 is 1.78 bits per heavy atom. The molecule has 2 aromatic carbocycles. The van der Waals surface area contributed by atoms with Gasteiger partial charge in [-0.25, -0.2) is 9.79 Å². The van der Waals surface area contributed by atoms with E-state index in [2.05, 4.69) is 10.3 Å². The summed E-state index contributed by atoms with van der Waals surface area (Å²) in [6.07, 6.45) is 3.46. The van der Waals surface area contributed by atoms with E-state index in [1.165, 1.54) is 11.8 Å². The molecule has 9 nitrogen and oxygen atoms in total. The molecule has 5 rings (SSSR count). The maximum Gasteiger partial charge on any atom is 0.338 e. The van der Waals surface area contributed by atoms with Crippen LogP contribution in [0.3, 0.4) is 0 Å². The van der Waals surface area contributed by atoms with E-state index in [0.717, 1.165) is 11.1 Å². The molecule has 1 atom stereocenters. The van der Waals surface area contributed by atoms with Crippen LogP contribution in [0, 0.1) is 0 Å². The molecule has 0 spiro atoms. The standard InChI is InChI=1S/C31H30N4O5S/c1-20-28(30(37)40-18-22-7-5-4-6-8-22)29(25-16-24(38-2)9-10-26(25)39-3)35-23(19-41-31(35)34-20)15-27(36)33-17-21-11-13-32-14-12-21/h4-14,16,19,29H,15,17-18H2,1-3H3,(H,33,36). The number of thioether (sulfide) groups is 1. The minimum Gasteiger partial charge on any atom is -0.497 e. The van der Waals surface area contributed by atoms with E-state index < -0.39 is 12.0 Å². The van der Waals surface area contributed by atoms with Crippen molar-refractivity contribution in [3.8, 4) is 11.5 Å². The van der Waals surface area contributed by atoms with E-state index in [-0.39, 0.29) is 18.9 Å². The Bertz CT molecular complexity index is 1520. The zero-order chi connectivity index (χ0) is 28.8. The molecule has 1 unspecified atom stereocenters. The van der Waals surface area contributed by atoms with Crippen molar-refractivity contribution in [1.82, 2.24) is 15.2 Å². The number of hydrogen-bond donors (Lipinski definition) is 1. The van der Waals surface area contributed by atoms with E-state index in [9.17, 15) is 9.59 Å². The number of hydrogen-bond acceptors (Lipinski definition) is 9. The Hall–Kier alpha value is -4.57. The number of rotatable bonds is 10. The summed E-state index contributed by atoms with van der Waals surface area (Å²) in [5.41, 5.74) is 4.12. The van der Waals surface area contributed by atoms with Gasteiger partial charge >= 0.3 is 5.97 Å². The number of nitrogens with one attached hydrogen (secondary N) is 1. The molecule has 2 aliphatic heterocycles. The second-order valence-electron chi connectivity index (χ2n) is 9.37. The summed E-state index contributed by atoms with van der Waals surface area (Å²) in [5.74, 6) is 0.511. The van der Waals surface area contributed by atoms with Gasteiger partial charge < -0.3 is 24.4 Å². The van der Waals surface area contributed by atoms with Gasteiger partial charge in [-0.1, -0.05) is 42.1 Å². The molecule has 0 saturated carbocycles. The van der Waals surface area contributed by atoms with Gasteiger partial charge in [-0.05, 0) is 53.8 Å². The first-order valence-electron chi connectivity index (χ1n) is 13.0. The number of allylic oxidation sites excluding steroid dienone is 1. The Labute approximate surface area is 242 Å². The van der Waals surface area contributed by atoms with Crippen molar-refractivity contribution in [1.29, 1.82) is 0 Å². The maximum atomic E-state index is 13.7. The third-order valence-electron chi connectivity index (χ3n) is 6.75. The smallest absolute Gasteiger partial charge is 0.338 e.